The molecule has 0 saturated carbocycles. The maximum Gasteiger partial charge on any atom is 0.339 e. The molecule has 0 unspecified atom stereocenters. The normalized spacial score (nSPS) is 11.5. The molecule has 0 radical (unpaired) electrons. The zero-order valence-corrected chi connectivity index (χ0v) is 17.1. The van der Waals surface area contributed by atoms with Crippen LogP contribution in [0.4, 0.5) is 11.4 Å². The maximum atomic E-state index is 13.0. The Morgan fingerprint density at radius 1 is 1.03 bits per heavy atom. The van der Waals surface area contributed by atoms with Gasteiger partial charge in [-0.1, -0.05) is 18.2 Å². The number of carbonyl (C=O) groups is 3. The van der Waals surface area contributed by atoms with Crippen LogP contribution in [0.2, 0.25) is 0 Å². The van der Waals surface area contributed by atoms with Gasteiger partial charge in [0, 0.05) is 30.3 Å². The third-order valence-electron chi connectivity index (χ3n) is 4.20. The third kappa shape index (κ3) is 5.19. The summed E-state index contributed by atoms with van der Waals surface area (Å²) in [5.41, 5.74) is 0.0284. The predicted molar refractivity (Wildman–Crippen MR) is 111 cm³/mol. The summed E-state index contributed by atoms with van der Waals surface area (Å²) < 4.78 is 5.20. The molecular weight excluding hydrogens is 390 g/mol. The number of rotatable bonds is 8. The minimum absolute atomic E-state index is 0.0190. The number of hydrogen-bond donors (Lipinski definition) is 2. The van der Waals surface area contributed by atoms with Crippen LogP contribution in [0.15, 0.2) is 42.5 Å². The van der Waals surface area contributed by atoms with Crippen molar-refractivity contribution in [1.82, 2.24) is 5.32 Å². The second kappa shape index (κ2) is 9.64. The monoisotopic (exact) mass is 413 g/mol. The van der Waals surface area contributed by atoms with Gasteiger partial charge in [0.2, 0.25) is 0 Å². The van der Waals surface area contributed by atoms with Crippen molar-refractivity contribution < 1.29 is 24.0 Å². The summed E-state index contributed by atoms with van der Waals surface area (Å²) in [6.45, 7) is 4.98. The molecule has 0 aliphatic rings. The van der Waals surface area contributed by atoms with E-state index in [-0.39, 0.29) is 34.1 Å². The average molecular weight is 413 g/mol. The van der Waals surface area contributed by atoms with Crippen LogP contribution in [0.25, 0.3) is 0 Å². The number of esters is 1. The van der Waals surface area contributed by atoms with Gasteiger partial charge in [-0.15, -0.1) is 0 Å². The standard InChI is InChI=1S/C21H23N3O6/c1-12(2)23-20(26)13(3)30-21(27)16-8-6-5-7-15(16)19(25)14-9-10-17(22-4)18(11-14)24(28)29/h5-13,22H,1-4H3,(H,23,26)/t13-/m0/s1. The molecule has 2 rings (SSSR count). The largest absolute Gasteiger partial charge is 0.449 e. The molecule has 0 saturated heterocycles. The topological polar surface area (TPSA) is 128 Å². The first-order valence-electron chi connectivity index (χ1n) is 9.27. The SMILES string of the molecule is CNc1ccc(C(=O)c2ccccc2C(=O)O[C@@H](C)C(=O)NC(C)C)cc1[N+](=O)[O-]. The van der Waals surface area contributed by atoms with Gasteiger partial charge in [-0.2, -0.15) is 0 Å². The second-order valence-corrected chi connectivity index (χ2v) is 6.82. The van der Waals surface area contributed by atoms with E-state index in [2.05, 4.69) is 10.6 Å². The highest BCUT2D eigenvalue weighted by atomic mass is 16.6. The molecule has 0 aliphatic carbocycles. The lowest BCUT2D eigenvalue weighted by atomic mass is 9.97. The number of nitrogens with zero attached hydrogens (tertiary/aromatic N) is 1. The number of nitro groups is 1. The van der Waals surface area contributed by atoms with Gasteiger partial charge in [-0.25, -0.2) is 4.79 Å². The molecule has 0 bridgehead atoms. The predicted octanol–water partition coefficient (Wildman–Crippen LogP) is 2.94. The van der Waals surface area contributed by atoms with Crippen LogP contribution in [0.1, 0.15) is 47.1 Å². The van der Waals surface area contributed by atoms with Crippen molar-refractivity contribution >= 4 is 29.0 Å². The van der Waals surface area contributed by atoms with Gasteiger partial charge < -0.3 is 15.4 Å². The van der Waals surface area contributed by atoms with Crippen molar-refractivity contribution in [3.05, 3.63) is 69.3 Å². The van der Waals surface area contributed by atoms with E-state index in [0.29, 0.717) is 0 Å². The smallest absolute Gasteiger partial charge is 0.339 e. The van der Waals surface area contributed by atoms with E-state index in [9.17, 15) is 24.5 Å². The Bertz CT molecular complexity index is 986. The van der Waals surface area contributed by atoms with E-state index < -0.39 is 28.7 Å². The molecule has 9 nitrogen and oxygen atoms in total. The number of nitrogens with one attached hydrogen (secondary N) is 2. The van der Waals surface area contributed by atoms with E-state index >= 15 is 0 Å². The lowest BCUT2D eigenvalue weighted by Crippen LogP contribution is -2.39. The van der Waals surface area contributed by atoms with Gasteiger partial charge in [0.05, 0.1) is 10.5 Å². The number of nitro benzene ring substituents is 1. The van der Waals surface area contributed by atoms with E-state index in [0.717, 1.165) is 6.07 Å². The summed E-state index contributed by atoms with van der Waals surface area (Å²) in [5, 5.41) is 16.6. The molecule has 0 aromatic heterocycles. The Balaban J connectivity index is 2.33. The van der Waals surface area contributed by atoms with Crippen molar-refractivity contribution in [3.8, 4) is 0 Å². The van der Waals surface area contributed by atoms with Crippen molar-refractivity contribution in [3.63, 3.8) is 0 Å². The first kappa shape index (κ1) is 22.5. The van der Waals surface area contributed by atoms with Gasteiger partial charge in [-0.3, -0.25) is 19.7 Å². The molecule has 2 N–H and O–H groups in total. The molecule has 1 atom stereocenters. The van der Waals surface area contributed by atoms with Crippen molar-refractivity contribution in [1.29, 1.82) is 0 Å². The molecule has 9 heteroatoms. The minimum atomic E-state index is -1.06. The van der Waals surface area contributed by atoms with Gasteiger partial charge in [-0.05, 0) is 39.0 Å². The molecule has 1 amide bonds. The Labute approximate surface area is 173 Å². The zero-order chi connectivity index (χ0) is 22.4. The minimum Gasteiger partial charge on any atom is -0.449 e. The Morgan fingerprint density at radius 3 is 2.23 bits per heavy atom. The van der Waals surface area contributed by atoms with Crippen molar-refractivity contribution in [2.75, 3.05) is 12.4 Å². The van der Waals surface area contributed by atoms with Crippen LogP contribution in [-0.2, 0) is 9.53 Å². The third-order valence-corrected chi connectivity index (χ3v) is 4.20. The molecule has 30 heavy (non-hydrogen) atoms. The van der Waals surface area contributed by atoms with Crippen LogP contribution >= 0.6 is 0 Å². The van der Waals surface area contributed by atoms with Gasteiger partial charge in [0.25, 0.3) is 11.6 Å². The molecule has 2 aromatic rings. The van der Waals surface area contributed by atoms with E-state index in [1.54, 1.807) is 26.0 Å². The van der Waals surface area contributed by atoms with Crippen molar-refractivity contribution in [2.24, 2.45) is 0 Å². The summed E-state index contributed by atoms with van der Waals surface area (Å²) >= 11 is 0. The lowest BCUT2D eigenvalue weighted by molar-refractivity contribution is -0.384. The molecule has 0 spiro atoms. The summed E-state index contributed by atoms with van der Waals surface area (Å²) in [6.07, 6.45) is -1.06. The second-order valence-electron chi connectivity index (χ2n) is 6.82. The molecular formula is C21H23N3O6. The number of ketones is 1. The molecule has 0 heterocycles. The molecule has 0 aliphatic heterocycles. The number of benzene rings is 2. The highest BCUT2D eigenvalue weighted by Crippen LogP contribution is 2.27. The summed E-state index contributed by atoms with van der Waals surface area (Å²) in [5.74, 6) is -1.88. The fraction of sp³-hybridized carbons (Fsp3) is 0.286. The molecule has 158 valence electrons. The van der Waals surface area contributed by atoms with E-state index in [4.69, 9.17) is 4.74 Å². The van der Waals surface area contributed by atoms with Crippen LogP contribution in [-0.4, -0.2) is 41.8 Å². The fourth-order valence-corrected chi connectivity index (χ4v) is 2.73. The number of amides is 1. The Kier molecular flexibility index (Phi) is 7.24. The number of anilines is 1. The number of hydrogen-bond acceptors (Lipinski definition) is 7. The van der Waals surface area contributed by atoms with Crippen LogP contribution in [0, 0.1) is 10.1 Å². The lowest BCUT2D eigenvalue weighted by Gasteiger charge is -2.16. The average Bonchev–Trinajstić information content (AvgIpc) is 2.72. The number of carbonyl (C=O) groups excluding carboxylic acids is 3. The number of ether oxygens (including phenoxy) is 1. The van der Waals surface area contributed by atoms with Crippen LogP contribution in [0.3, 0.4) is 0 Å². The van der Waals surface area contributed by atoms with Gasteiger partial charge in [0.1, 0.15) is 5.69 Å². The van der Waals surface area contributed by atoms with Crippen LogP contribution < -0.4 is 10.6 Å². The first-order valence-corrected chi connectivity index (χ1v) is 9.27. The molecule has 2 aromatic carbocycles. The van der Waals surface area contributed by atoms with E-state index in [1.165, 1.54) is 38.2 Å². The highest BCUT2D eigenvalue weighted by Gasteiger charge is 2.25. The van der Waals surface area contributed by atoms with Gasteiger partial charge in [0.15, 0.2) is 11.9 Å². The zero-order valence-electron chi connectivity index (χ0n) is 17.1. The molecule has 0 fully saturated rings. The first-order chi connectivity index (χ1) is 14.1. The summed E-state index contributed by atoms with van der Waals surface area (Å²) in [4.78, 5) is 48.3. The Morgan fingerprint density at radius 2 is 1.67 bits per heavy atom. The Hall–Kier alpha value is -3.75. The van der Waals surface area contributed by atoms with Gasteiger partial charge >= 0.3 is 5.97 Å². The summed E-state index contributed by atoms with van der Waals surface area (Å²) in [6, 6.07) is 9.83. The van der Waals surface area contributed by atoms with Crippen LogP contribution in [0.5, 0.6) is 0 Å². The summed E-state index contributed by atoms with van der Waals surface area (Å²) in [7, 11) is 1.53. The fourth-order valence-electron chi connectivity index (χ4n) is 2.73. The maximum absolute atomic E-state index is 13.0. The van der Waals surface area contributed by atoms with E-state index in [1.807, 2.05) is 0 Å². The quantitative estimate of drug-likeness (QED) is 0.295. The van der Waals surface area contributed by atoms with Crippen molar-refractivity contribution in [2.45, 2.75) is 32.9 Å². The highest BCUT2D eigenvalue weighted by molar-refractivity contribution is 6.15.